The fourth-order valence-electron chi connectivity index (χ4n) is 2.91. The Balaban J connectivity index is 2.37. The number of halogens is 2. The molecule has 0 amide bonds. The number of nitrogens with two attached hydrogens (primary N) is 1. The highest BCUT2D eigenvalue weighted by Crippen LogP contribution is 2.41. The van der Waals surface area contributed by atoms with Crippen LogP contribution in [-0.2, 0) is 10.3 Å². The van der Waals surface area contributed by atoms with Gasteiger partial charge in [-0.3, -0.25) is 0 Å². The normalized spacial score (nSPS) is 13.0. The van der Waals surface area contributed by atoms with Crippen molar-refractivity contribution in [2.45, 2.75) is 5.60 Å². The second kappa shape index (κ2) is 6.99. The van der Waals surface area contributed by atoms with Gasteiger partial charge >= 0.3 is 0 Å². The first-order valence-corrected chi connectivity index (χ1v) is 8.00. The summed E-state index contributed by atoms with van der Waals surface area (Å²) in [5.41, 5.74) is 5.63. The molecule has 0 aliphatic heterocycles. The zero-order chi connectivity index (χ0) is 17.9. The Hall–Kier alpha value is -2.79. The molecule has 0 heterocycles. The number of thiocarbonyl (C=S) groups is 1. The van der Waals surface area contributed by atoms with Gasteiger partial charge in [0, 0.05) is 16.7 Å². The van der Waals surface area contributed by atoms with E-state index in [1.807, 2.05) is 6.07 Å². The van der Waals surface area contributed by atoms with E-state index in [1.54, 1.807) is 42.5 Å². The van der Waals surface area contributed by atoms with Crippen molar-refractivity contribution in [2.75, 3.05) is 0 Å². The van der Waals surface area contributed by atoms with Crippen LogP contribution in [0.4, 0.5) is 8.78 Å². The first-order valence-electron chi connectivity index (χ1n) is 7.59. The molecule has 3 aromatic rings. The lowest BCUT2D eigenvalue weighted by molar-refractivity contribution is 0.139. The van der Waals surface area contributed by atoms with E-state index in [2.05, 4.69) is 0 Å². The molecule has 0 radical (unpaired) electrons. The van der Waals surface area contributed by atoms with Gasteiger partial charge in [-0.05, 0) is 30.4 Å². The van der Waals surface area contributed by atoms with Crippen LogP contribution in [0.2, 0.25) is 0 Å². The summed E-state index contributed by atoms with van der Waals surface area (Å²) >= 11 is 4.97. The highest BCUT2D eigenvalue weighted by Gasteiger charge is 2.41. The molecule has 5 heteroatoms. The van der Waals surface area contributed by atoms with Crippen molar-refractivity contribution in [3.63, 3.8) is 0 Å². The topological polar surface area (TPSA) is 35.2 Å². The summed E-state index contributed by atoms with van der Waals surface area (Å²) < 4.78 is 34.1. The molecule has 2 nitrogen and oxygen atoms in total. The number of rotatable bonds is 4. The Kier molecular flexibility index (Phi) is 4.76. The fourth-order valence-corrected chi connectivity index (χ4v) is 3.03. The van der Waals surface area contributed by atoms with Gasteiger partial charge in [-0.1, -0.05) is 60.7 Å². The van der Waals surface area contributed by atoms with Crippen LogP contribution >= 0.6 is 12.2 Å². The maximum absolute atomic E-state index is 14.7. The average Bonchev–Trinajstić information content (AvgIpc) is 2.62. The van der Waals surface area contributed by atoms with E-state index < -0.39 is 17.2 Å². The van der Waals surface area contributed by atoms with Gasteiger partial charge in [0.1, 0.15) is 11.6 Å². The van der Waals surface area contributed by atoms with E-state index in [9.17, 15) is 8.78 Å². The quantitative estimate of drug-likeness (QED) is 0.552. The molecule has 0 bridgehead atoms. The first-order chi connectivity index (χ1) is 12.0. The summed E-state index contributed by atoms with van der Waals surface area (Å²) in [4.78, 5) is 0. The monoisotopic (exact) mass is 355 g/mol. The van der Waals surface area contributed by atoms with E-state index in [1.165, 1.54) is 30.3 Å². The van der Waals surface area contributed by atoms with Gasteiger partial charge in [0.05, 0.1) is 0 Å². The Labute approximate surface area is 149 Å². The van der Waals surface area contributed by atoms with Crippen molar-refractivity contribution >= 4 is 17.4 Å². The van der Waals surface area contributed by atoms with E-state index in [4.69, 9.17) is 22.7 Å². The van der Waals surface area contributed by atoms with E-state index in [-0.39, 0.29) is 10.7 Å². The second-order valence-corrected chi connectivity index (χ2v) is 5.86. The molecular formula is C20H15F2NOS. The Morgan fingerprint density at radius 1 is 0.800 bits per heavy atom. The van der Waals surface area contributed by atoms with Crippen LogP contribution in [0.25, 0.3) is 0 Å². The number of ether oxygens (including phenoxy) is 1. The molecule has 0 fully saturated rings. The van der Waals surface area contributed by atoms with Gasteiger partial charge in [-0.15, -0.1) is 0 Å². The van der Waals surface area contributed by atoms with Gasteiger partial charge in [0.25, 0.3) is 5.17 Å². The lowest BCUT2D eigenvalue weighted by atomic mass is 9.80. The molecule has 0 saturated carbocycles. The summed E-state index contributed by atoms with van der Waals surface area (Å²) in [6, 6.07) is 20.9. The second-order valence-electron chi connectivity index (χ2n) is 5.46. The summed E-state index contributed by atoms with van der Waals surface area (Å²) in [5.74, 6) is -0.888. The molecule has 0 spiro atoms. The number of hydrogen-bond acceptors (Lipinski definition) is 2. The minimum Gasteiger partial charge on any atom is -0.450 e. The average molecular weight is 355 g/mol. The molecule has 0 saturated heterocycles. The fraction of sp³-hybridized carbons (Fsp3) is 0.0500. The summed E-state index contributed by atoms with van der Waals surface area (Å²) in [6.07, 6.45) is 0. The Bertz CT molecular complexity index is 884. The van der Waals surface area contributed by atoms with E-state index in [0.29, 0.717) is 11.1 Å². The standard InChI is InChI=1S/C20H15F2NOS/c21-16-12-10-15(11-13-16)20(24-19(23)25,14-6-2-1-3-7-14)17-8-4-5-9-18(17)22/h1-13H,(H2,23,25)/t20-/m0/s1. The smallest absolute Gasteiger partial charge is 0.255 e. The lowest BCUT2D eigenvalue weighted by Crippen LogP contribution is -2.38. The first kappa shape index (κ1) is 17.0. The van der Waals surface area contributed by atoms with Gasteiger partial charge in [0.2, 0.25) is 0 Å². The molecule has 0 aliphatic rings. The van der Waals surface area contributed by atoms with Crippen LogP contribution in [0.1, 0.15) is 16.7 Å². The molecule has 0 unspecified atom stereocenters. The summed E-state index contributed by atoms with van der Waals surface area (Å²) in [5, 5.41) is -0.239. The molecule has 0 aromatic heterocycles. The van der Waals surface area contributed by atoms with Crippen molar-refractivity contribution in [3.05, 3.63) is 107 Å². The van der Waals surface area contributed by atoms with Gasteiger partial charge in [0.15, 0.2) is 5.60 Å². The van der Waals surface area contributed by atoms with E-state index in [0.717, 1.165) is 0 Å². The van der Waals surface area contributed by atoms with Crippen LogP contribution in [-0.4, -0.2) is 5.17 Å². The maximum Gasteiger partial charge on any atom is 0.255 e. The molecule has 3 rings (SSSR count). The zero-order valence-electron chi connectivity index (χ0n) is 13.2. The molecule has 25 heavy (non-hydrogen) atoms. The molecule has 0 aliphatic carbocycles. The third-order valence-corrected chi connectivity index (χ3v) is 4.02. The van der Waals surface area contributed by atoms with E-state index >= 15 is 0 Å². The molecular weight excluding hydrogens is 340 g/mol. The minimum absolute atomic E-state index is 0.237. The summed E-state index contributed by atoms with van der Waals surface area (Å²) in [6.45, 7) is 0. The van der Waals surface area contributed by atoms with Crippen LogP contribution in [0.15, 0.2) is 78.9 Å². The van der Waals surface area contributed by atoms with Crippen LogP contribution in [0.3, 0.4) is 0 Å². The third-order valence-electron chi connectivity index (χ3n) is 3.94. The maximum atomic E-state index is 14.7. The van der Waals surface area contributed by atoms with Crippen LogP contribution in [0, 0.1) is 11.6 Å². The predicted molar refractivity (Wildman–Crippen MR) is 97.0 cm³/mol. The third kappa shape index (κ3) is 3.23. The highest BCUT2D eigenvalue weighted by atomic mass is 32.1. The Morgan fingerprint density at radius 2 is 1.36 bits per heavy atom. The van der Waals surface area contributed by atoms with Crippen molar-refractivity contribution in [3.8, 4) is 0 Å². The van der Waals surface area contributed by atoms with Gasteiger partial charge in [-0.2, -0.15) is 0 Å². The van der Waals surface area contributed by atoms with Crippen molar-refractivity contribution in [1.29, 1.82) is 0 Å². The Morgan fingerprint density at radius 3 is 1.96 bits per heavy atom. The SMILES string of the molecule is NC(=S)O[C@@](c1ccccc1)(c1ccc(F)cc1)c1ccccc1F. The van der Waals surface area contributed by atoms with Gasteiger partial charge in [-0.25, -0.2) is 8.78 Å². The van der Waals surface area contributed by atoms with Crippen molar-refractivity contribution < 1.29 is 13.5 Å². The molecule has 1 atom stereocenters. The predicted octanol–water partition coefficient (Wildman–Crippen LogP) is 4.52. The molecule has 126 valence electrons. The largest absolute Gasteiger partial charge is 0.450 e. The lowest BCUT2D eigenvalue weighted by Gasteiger charge is -2.35. The number of benzene rings is 3. The van der Waals surface area contributed by atoms with Crippen molar-refractivity contribution in [2.24, 2.45) is 5.73 Å². The van der Waals surface area contributed by atoms with Crippen molar-refractivity contribution in [1.82, 2.24) is 0 Å². The molecule has 2 N–H and O–H groups in total. The van der Waals surface area contributed by atoms with Crippen LogP contribution in [0.5, 0.6) is 0 Å². The number of hydrogen-bond donors (Lipinski definition) is 1. The highest BCUT2D eigenvalue weighted by molar-refractivity contribution is 7.80. The van der Waals surface area contributed by atoms with Gasteiger partial charge < -0.3 is 10.5 Å². The van der Waals surface area contributed by atoms with Crippen LogP contribution < -0.4 is 5.73 Å². The zero-order valence-corrected chi connectivity index (χ0v) is 14.0. The summed E-state index contributed by atoms with van der Waals surface area (Å²) in [7, 11) is 0. The minimum atomic E-state index is -1.42. The molecule has 3 aromatic carbocycles.